The number of halogens is 5. The quantitative estimate of drug-likeness (QED) is 0.355. The molecule has 1 aliphatic carbocycles. The summed E-state index contributed by atoms with van der Waals surface area (Å²) in [6.07, 6.45) is 0.746. The highest BCUT2D eigenvalue weighted by Crippen LogP contribution is 2.33. The smallest absolute Gasteiger partial charge is 0.409 e. The first-order valence-corrected chi connectivity index (χ1v) is 8.66. The SMILES string of the molecule is CCCC1CCC(C(=O)Oc2cc(F)c(C=CC(F)(F)F)c(F)c2)CC1. The molecule has 0 aliphatic heterocycles. The van der Waals surface area contributed by atoms with Crippen molar-refractivity contribution in [3.8, 4) is 5.75 Å². The van der Waals surface area contributed by atoms with E-state index in [9.17, 15) is 26.7 Å². The van der Waals surface area contributed by atoms with Gasteiger partial charge in [0, 0.05) is 23.8 Å². The summed E-state index contributed by atoms with van der Waals surface area (Å²) in [7, 11) is 0. The number of alkyl halides is 3. The van der Waals surface area contributed by atoms with E-state index >= 15 is 0 Å². The fraction of sp³-hybridized carbons (Fsp3) is 0.526. The lowest BCUT2D eigenvalue weighted by Gasteiger charge is -2.26. The van der Waals surface area contributed by atoms with Gasteiger partial charge < -0.3 is 4.74 Å². The molecule has 0 bridgehead atoms. The van der Waals surface area contributed by atoms with Gasteiger partial charge in [-0.2, -0.15) is 13.2 Å². The van der Waals surface area contributed by atoms with Crippen molar-refractivity contribution in [2.45, 2.75) is 51.6 Å². The Morgan fingerprint density at radius 3 is 2.23 bits per heavy atom. The topological polar surface area (TPSA) is 26.3 Å². The summed E-state index contributed by atoms with van der Waals surface area (Å²) >= 11 is 0. The van der Waals surface area contributed by atoms with E-state index in [1.54, 1.807) is 0 Å². The lowest BCUT2D eigenvalue weighted by atomic mass is 9.80. The van der Waals surface area contributed by atoms with Gasteiger partial charge in [0.05, 0.1) is 5.92 Å². The Kier molecular flexibility index (Phi) is 6.78. The average molecular weight is 376 g/mol. The summed E-state index contributed by atoms with van der Waals surface area (Å²) in [5.41, 5.74) is -0.831. The van der Waals surface area contributed by atoms with Crippen molar-refractivity contribution < 1.29 is 31.5 Å². The molecule has 0 heterocycles. The largest absolute Gasteiger partial charge is 0.426 e. The van der Waals surface area contributed by atoms with Crippen LogP contribution < -0.4 is 4.74 Å². The fourth-order valence-corrected chi connectivity index (χ4v) is 3.25. The minimum absolute atomic E-state index is 0.255. The Labute approximate surface area is 149 Å². The first-order valence-electron chi connectivity index (χ1n) is 8.66. The highest BCUT2D eigenvalue weighted by molar-refractivity contribution is 5.75. The van der Waals surface area contributed by atoms with Crippen LogP contribution in [0.1, 0.15) is 51.0 Å². The van der Waals surface area contributed by atoms with Gasteiger partial charge in [-0.3, -0.25) is 4.79 Å². The molecular weight excluding hydrogens is 355 g/mol. The third-order valence-electron chi connectivity index (χ3n) is 4.59. The van der Waals surface area contributed by atoms with E-state index in [2.05, 4.69) is 6.92 Å². The highest BCUT2D eigenvalue weighted by atomic mass is 19.4. The second-order valence-corrected chi connectivity index (χ2v) is 6.60. The zero-order valence-corrected chi connectivity index (χ0v) is 14.4. The number of esters is 1. The second kappa shape index (κ2) is 8.64. The average Bonchev–Trinajstić information content (AvgIpc) is 2.54. The van der Waals surface area contributed by atoms with Gasteiger partial charge in [0.25, 0.3) is 0 Å². The van der Waals surface area contributed by atoms with Crippen LogP contribution in [0.25, 0.3) is 6.08 Å². The van der Waals surface area contributed by atoms with E-state index in [4.69, 9.17) is 4.74 Å². The van der Waals surface area contributed by atoms with Gasteiger partial charge in [-0.25, -0.2) is 8.78 Å². The maximum Gasteiger partial charge on any atom is 0.409 e. The van der Waals surface area contributed by atoms with Crippen molar-refractivity contribution in [3.63, 3.8) is 0 Å². The van der Waals surface area contributed by atoms with Gasteiger partial charge in [-0.1, -0.05) is 19.8 Å². The number of hydrogen-bond donors (Lipinski definition) is 0. The number of ether oxygens (including phenoxy) is 1. The monoisotopic (exact) mass is 376 g/mol. The number of benzene rings is 1. The molecule has 7 heteroatoms. The van der Waals surface area contributed by atoms with Gasteiger partial charge >= 0.3 is 12.1 Å². The lowest BCUT2D eigenvalue weighted by Crippen LogP contribution is -2.25. The van der Waals surface area contributed by atoms with Gasteiger partial charge in [0.1, 0.15) is 17.4 Å². The van der Waals surface area contributed by atoms with Crippen molar-refractivity contribution in [3.05, 3.63) is 35.4 Å². The Morgan fingerprint density at radius 2 is 1.73 bits per heavy atom. The fourth-order valence-electron chi connectivity index (χ4n) is 3.25. The third kappa shape index (κ3) is 5.81. The molecule has 0 N–H and O–H groups in total. The summed E-state index contributed by atoms with van der Waals surface area (Å²) in [6, 6.07) is 1.44. The Morgan fingerprint density at radius 1 is 1.15 bits per heavy atom. The zero-order chi connectivity index (χ0) is 19.3. The normalized spacial score (nSPS) is 21.2. The molecule has 1 aromatic rings. The number of rotatable bonds is 5. The van der Waals surface area contributed by atoms with Crippen molar-refractivity contribution in [1.82, 2.24) is 0 Å². The molecule has 0 atom stereocenters. The van der Waals surface area contributed by atoms with Crippen LogP contribution >= 0.6 is 0 Å². The molecule has 1 fully saturated rings. The zero-order valence-electron chi connectivity index (χ0n) is 14.4. The summed E-state index contributed by atoms with van der Waals surface area (Å²) in [5, 5.41) is 0. The second-order valence-electron chi connectivity index (χ2n) is 6.60. The maximum atomic E-state index is 13.9. The molecule has 0 saturated heterocycles. The predicted molar refractivity (Wildman–Crippen MR) is 87.4 cm³/mol. The first-order chi connectivity index (χ1) is 12.2. The van der Waals surface area contributed by atoms with Gasteiger partial charge in [-0.05, 0) is 37.7 Å². The van der Waals surface area contributed by atoms with E-state index < -0.39 is 29.3 Å². The molecule has 2 nitrogen and oxygen atoms in total. The molecule has 1 aromatic carbocycles. The van der Waals surface area contributed by atoms with E-state index in [0.29, 0.717) is 24.8 Å². The van der Waals surface area contributed by atoms with Crippen molar-refractivity contribution in [2.75, 3.05) is 0 Å². The number of carbonyl (C=O) groups is 1. The Balaban J connectivity index is 2.02. The molecule has 0 amide bonds. The molecular formula is C19H21F5O2. The van der Waals surface area contributed by atoms with Gasteiger partial charge in [0.2, 0.25) is 0 Å². The minimum atomic E-state index is -4.68. The molecule has 2 rings (SSSR count). The van der Waals surface area contributed by atoms with E-state index in [1.165, 1.54) is 0 Å². The highest BCUT2D eigenvalue weighted by Gasteiger charge is 2.28. The number of hydrogen-bond acceptors (Lipinski definition) is 2. The number of carbonyl (C=O) groups excluding carboxylic acids is 1. The molecule has 144 valence electrons. The molecule has 1 aliphatic rings. The molecule has 0 aromatic heterocycles. The summed E-state index contributed by atoms with van der Waals surface area (Å²) < 4.78 is 69.2. The summed E-state index contributed by atoms with van der Waals surface area (Å²) in [4.78, 5) is 12.2. The third-order valence-corrected chi connectivity index (χ3v) is 4.59. The van der Waals surface area contributed by atoms with Crippen LogP contribution in [0, 0.1) is 23.5 Å². The maximum absolute atomic E-state index is 13.9. The van der Waals surface area contributed by atoms with Crippen LogP contribution in [0.4, 0.5) is 22.0 Å². The molecule has 0 spiro atoms. The predicted octanol–water partition coefficient (Wildman–Crippen LogP) is 6.05. The first kappa shape index (κ1) is 20.4. The molecule has 26 heavy (non-hydrogen) atoms. The number of allylic oxidation sites excluding steroid dienone is 1. The van der Waals surface area contributed by atoms with E-state index in [0.717, 1.165) is 37.8 Å². The Hall–Kier alpha value is -1.92. The minimum Gasteiger partial charge on any atom is -0.426 e. The van der Waals surface area contributed by atoms with Crippen LogP contribution in [-0.4, -0.2) is 12.1 Å². The molecule has 1 saturated carbocycles. The molecule has 0 unspecified atom stereocenters. The van der Waals surface area contributed by atoms with Crippen LogP contribution in [0.5, 0.6) is 5.75 Å². The van der Waals surface area contributed by atoms with Gasteiger partial charge in [-0.15, -0.1) is 0 Å². The lowest BCUT2D eigenvalue weighted by molar-refractivity contribution is -0.140. The van der Waals surface area contributed by atoms with Crippen molar-refractivity contribution in [1.29, 1.82) is 0 Å². The summed E-state index contributed by atoms with van der Waals surface area (Å²) in [6.45, 7) is 2.11. The van der Waals surface area contributed by atoms with Crippen LogP contribution in [0.3, 0.4) is 0 Å². The Bertz CT molecular complexity index is 635. The standard InChI is InChI=1S/C19H21F5O2/c1-2-3-12-4-6-13(7-5-12)18(25)26-14-10-16(20)15(17(21)11-14)8-9-19(22,23)24/h8-13H,2-7H2,1H3. The van der Waals surface area contributed by atoms with Crippen LogP contribution in [-0.2, 0) is 4.79 Å². The summed E-state index contributed by atoms with van der Waals surface area (Å²) in [5.74, 6) is -3.07. The van der Waals surface area contributed by atoms with E-state index in [-0.39, 0.29) is 17.7 Å². The van der Waals surface area contributed by atoms with E-state index in [1.807, 2.05) is 0 Å². The molecule has 0 radical (unpaired) electrons. The van der Waals surface area contributed by atoms with Gasteiger partial charge in [0.15, 0.2) is 0 Å². The van der Waals surface area contributed by atoms with Crippen molar-refractivity contribution in [2.24, 2.45) is 11.8 Å². The van der Waals surface area contributed by atoms with Crippen LogP contribution in [0.2, 0.25) is 0 Å². The van der Waals surface area contributed by atoms with Crippen molar-refractivity contribution >= 4 is 12.0 Å². The van der Waals surface area contributed by atoms with Crippen LogP contribution in [0.15, 0.2) is 18.2 Å².